The number of amides is 1. The van der Waals surface area contributed by atoms with E-state index in [-0.39, 0.29) is 17.4 Å². The van der Waals surface area contributed by atoms with Gasteiger partial charge in [-0.15, -0.1) is 0 Å². The number of rotatable bonds is 8. The Kier molecular flexibility index (Phi) is 7.49. The van der Waals surface area contributed by atoms with Gasteiger partial charge in [-0.3, -0.25) is 14.5 Å². The zero-order valence-corrected chi connectivity index (χ0v) is 25.1. The van der Waals surface area contributed by atoms with Gasteiger partial charge in [0.1, 0.15) is 23.4 Å². The maximum absolute atomic E-state index is 13.7. The summed E-state index contributed by atoms with van der Waals surface area (Å²) in [6.45, 7) is 8.77. The quantitative estimate of drug-likeness (QED) is 0.101. The van der Waals surface area contributed by atoms with Crippen LogP contribution >= 0.6 is 11.3 Å². The Morgan fingerprint density at radius 2 is 1.88 bits per heavy atom. The van der Waals surface area contributed by atoms with Gasteiger partial charge in [-0.25, -0.2) is 4.98 Å². The predicted molar refractivity (Wildman–Crippen MR) is 166 cm³/mol. The normalized spacial score (nSPS) is 19.4. The van der Waals surface area contributed by atoms with Crippen LogP contribution in [0.4, 0.5) is 5.13 Å². The molecule has 3 heterocycles. The fraction of sp³-hybridized carbons (Fsp3) is 0.324. The van der Waals surface area contributed by atoms with Crippen molar-refractivity contribution < 1.29 is 24.2 Å². The molecule has 0 saturated carbocycles. The number of hydrogen-bond acceptors (Lipinski definition) is 7. The molecule has 3 aromatic carbocycles. The monoisotopic (exact) mass is 582 g/mol. The van der Waals surface area contributed by atoms with Gasteiger partial charge in [-0.2, -0.15) is 0 Å². The molecule has 1 fully saturated rings. The number of nitrogens with zero attached hydrogens (tertiary/aromatic N) is 2. The Morgan fingerprint density at radius 1 is 1.10 bits per heavy atom. The number of ketones is 1. The first-order chi connectivity index (χ1) is 20.2. The summed E-state index contributed by atoms with van der Waals surface area (Å²) in [6.07, 6.45) is 3.93. The minimum absolute atomic E-state index is 0.0377. The molecule has 2 aliphatic heterocycles. The maximum atomic E-state index is 13.7. The fourth-order valence-corrected chi connectivity index (χ4v) is 6.99. The molecule has 0 spiro atoms. The summed E-state index contributed by atoms with van der Waals surface area (Å²) in [6, 6.07) is 16.0. The first-order valence-electron chi connectivity index (χ1n) is 14.5. The Hall–Kier alpha value is -4.17. The average molecular weight is 583 g/mol. The van der Waals surface area contributed by atoms with Crippen molar-refractivity contribution in [2.45, 2.75) is 65.5 Å². The number of anilines is 1. The molecule has 0 aliphatic carbocycles. The Bertz CT molecular complexity index is 1720. The highest BCUT2D eigenvalue weighted by Gasteiger charge is 2.48. The molecular formula is C34H34N2O5S. The molecule has 42 heavy (non-hydrogen) atoms. The highest BCUT2D eigenvalue weighted by Crippen LogP contribution is 2.45. The van der Waals surface area contributed by atoms with Crippen molar-refractivity contribution in [2.75, 3.05) is 11.5 Å². The number of aromatic nitrogens is 1. The van der Waals surface area contributed by atoms with Crippen molar-refractivity contribution in [3.63, 3.8) is 0 Å². The van der Waals surface area contributed by atoms with Crippen LogP contribution < -0.4 is 14.4 Å². The van der Waals surface area contributed by atoms with E-state index in [1.807, 2.05) is 63.2 Å². The fourth-order valence-electron chi connectivity index (χ4n) is 5.82. The molecule has 2 aliphatic rings. The molecule has 8 heteroatoms. The molecule has 2 atom stereocenters. The van der Waals surface area contributed by atoms with E-state index in [0.29, 0.717) is 35.0 Å². The molecule has 216 valence electrons. The van der Waals surface area contributed by atoms with E-state index in [1.54, 1.807) is 6.07 Å². The average Bonchev–Trinajstić information content (AvgIpc) is 3.63. The minimum Gasteiger partial charge on any atom is -0.507 e. The summed E-state index contributed by atoms with van der Waals surface area (Å²) < 4.78 is 12.7. The van der Waals surface area contributed by atoms with E-state index in [0.717, 1.165) is 51.9 Å². The predicted octanol–water partition coefficient (Wildman–Crippen LogP) is 7.43. The van der Waals surface area contributed by atoms with Crippen LogP contribution in [0.1, 0.15) is 67.0 Å². The Balaban J connectivity index is 1.45. The molecular weight excluding hydrogens is 548 g/mol. The van der Waals surface area contributed by atoms with Gasteiger partial charge in [0.25, 0.3) is 5.78 Å². The Labute approximate surface area is 249 Å². The van der Waals surface area contributed by atoms with Gasteiger partial charge in [-0.05, 0) is 85.8 Å². The highest BCUT2D eigenvalue weighted by molar-refractivity contribution is 7.22. The van der Waals surface area contributed by atoms with Crippen molar-refractivity contribution in [2.24, 2.45) is 0 Å². The second kappa shape index (κ2) is 11.2. The number of Topliss-reactive ketones (excluding diaryl/α,β-unsaturated/α-hetero) is 1. The highest BCUT2D eigenvalue weighted by atomic mass is 32.1. The topological polar surface area (TPSA) is 89.0 Å². The van der Waals surface area contributed by atoms with E-state index in [9.17, 15) is 14.7 Å². The largest absolute Gasteiger partial charge is 0.507 e. The summed E-state index contributed by atoms with van der Waals surface area (Å²) in [5.74, 6) is -0.185. The molecule has 0 radical (unpaired) electrons. The second-order valence-corrected chi connectivity index (χ2v) is 12.2. The van der Waals surface area contributed by atoms with Crippen molar-refractivity contribution in [1.82, 2.24) is 4.98 Å². The van der Waals surface area contributed by atoms with Crippen LogP contribution in [0, 0.1) is 13.8 Å². The first-order valence-corrected chi connectivity index (χ1v) is 15.3. The lowest BCUT2D eigenvalue weighted by atomic mass is 9.94. The number of carbonyl (C=O) groups excluding carboxylic acids is 2. The minimum atomic E-state index is -0.857. The van der Waals surface area contributed by atoms with Crippen molar-refractivity contribution >= 4 is 44.1 Å². The summed E-state index contributed by atoms with van der Waals surface area (Å²) in [4.78, 5) is 33.7. The number of benzene rings is 3. The van der Waals surface area contributed by atoms with Crippen molar-refractivity contribution in [1.29, 1.82) is 0 Å². The number of carbonyl (C=O) groups is 2. The molecule has 7 nitrogen and oxygen atoms in total. The number of aliphatic hydroxyl groups excluding tert-OH is 1. The number of unbranched alkanes of at least 4 members (excludes halogenated alkanes) is 2. The number of hydrogen-bond donors (Lipinski definition) is 1. The van der Waals surface area contributed by atoms with E-state index in [1.165, 1.54) is 16.2 Å². The van der Waals surface area contributed by atoms with Gasteiger partial charge in [0.15, 0.2) is 5.13 Å². The van der Waals surface area contributed by atoms with Crippen molar-refractivity contribution in [3.8, 4) is 11.5 Å². The third kappa shape index (κ3) is 5.04. The molecule has 4 aromatic rings. The van der Waals surface area contributed by atoms with E-state index in [4.69, 9.17) is 14.5 Å². The summed E-state index contributed by atoms with van der Waals surface area (Å²) in [5.41, 5.74) is 5.04. The smallest absolute Gasteiger partial charge is 0.301 e. The Morgan fingerprint density at radius 3 is 2.64 bits per heavy atom. The lowest BCUT2D eigenvalue weighted by Crippen LogP contribution is -2.29. The zero-order valence-electron chi connectivity index (χ0n) is 24.3. The number of aryl methyl sites for hydroxylation is 2. The van der Waals surface area contributed by atoms with Gasteiger partial charge >= 0.3 is 5.91 Å². The molecule has 1 saturated heterocycles. The van der Waals surface area contributed by atoms with Crippen LogP contribution in [0.15, 0.2) is 60.2 Å². The standard InChI is InChI=1S/C34H34N2O5S/c1-5-6-7-14-40-25-11-8-22(9-12-25)30-28(31(37)23-10-13-26-24(18-23)17-21(4)41-26)32(38)33(39)36(30)34-35-29-20(3)15-19(2)16-27(29)42-34/h8-13,15-16,18,21,30,37H,5-7,14,17H2,1-4H3/b31-28-. The van der Waals surface area contributed by atoms with Gasteiger partial charge in [-0.1, -0.05) is 49.3 Å². The third-order valence-corrected chi connectivity index (χ3v) is 8.85. The molecule has 1 N–H and O–H groups in total. The van der Waals surface area contributed by atoms with Gasteiger partial charge in [0.05, 0.1) is 28.4 Å². The SMILES string of the molecule is CCCCCOc1ccc(C2/C(=C(/O)c3ccc4c(c3)CC(C)O4)C(=O)C(=O)N2c2nc3c(C)cc(C)cc3s2)cc1. The van der Waals surface area contributed by atoms with Gasteiger partial charge < -0.3 is 14.6 Å². The first kappa shape index (κ1) is 28.0. The zero-order chi connectivity index (χ0) is 29.5. The van der Waals surface area contributed by atoms with Gasteiger partial charge in [0, 0.05) is 12.0 Å². The molecule has 2 unspecified atom stereocenters. The molecule has 0 bridgehead atoms. The van der Waals surface area contributed by atoms with Crippen molar-refractivity contribution in [3.05, 3.63) is 88.0 Å². The summed E-state index contributed by atoms with van der Waals surface area (Å²) in [7, 11) is 0. The molecule has 1 amide bonds. The van der Waals surface area contributed by atoms with Crippen LogP contribution in [0.2, 0.25) is 0 Å². The summed E-state index contributed by atoms with van der Waals surface area (Å²) >= 11 is 1.37. The number of aliphatic hydroxyl groups is 1. The molecule has 6 rings (SSSR count). The number of thiazole rings is 1. The van der Waals surface area contributed by atoms with Crippen LogP contribution in [0.5, 0.6) is 11.5 Å². The number of ether oxygens (including phenoxy) is 2. The lowest BCUT2D eigenvalue weighted by molar-refractivity contribution is -0.132. The van der Waals surface area contributed by atoms with E-state index in [2.05, 4.69) is 13.0 Å². The number of fused-ring (bicyclic) bond motifs is 2. The maximum Gasteiger partial charge on any atom is 0.301 e. The van der Waals surface area contributed by atoms with Crippen LogP contribution in [-0.2, 0) is 16.0 Å². The summed E-state index contributed by atoms with van der Waals surface area (Å²) in [5, 5.41) is 12.1. The van der Waals surface area contributed by atoms with Gasteiger partial charge in [0.2, 0.25) is 0 Å². The van der Waals surface area contributed by atoms with Crippen LogP contribution in [0.25, 0.3) is 16.0 Å². The lowest BCUT2D eigenvalue weighted by Gasteiger charge is -2.23. The van der Waals surface area contributed by atoms with Crippen LogP contribution in [-0.4, -0.2) is 34.5 Å². The molecule has 1 aromatic heterocycles. The van der Waals surface area contributed by atoms with E-state index < -0.39 is 17.7 Å². The second-order valence-electron chi connectivity index (χ2n) is 11.2. The van der Waals surface area contributed by atoms with E-state index >= 15 is 0 Å². The third-order valence-electron chi connectivity index (χ3n) is 7.85. The van der Waals surface area contributed by atoms with Crippen LogP contribution in [0.3, 0.4) is 0 Å².